The Morgan fingerprint density at radius 2 is 2.04 bits per heavy atom. The number of carbonyl (C=O) groups is 1. The van der Waals surface area contributed by atoms with Crippen molar-refractivity contribution in [3.63, 3.8) is 0 Å². The van der Waals surface area contributed by atoms with E-state index in [1.54, 1.807) is 30.3 Å². The molecule has 4 rings (SSSR count). The van der Waals surface area contributed by atoms with Gasteiger partial charge in [0.25, 0.3) is 5.91 Å². The van der Waals surface area contributed by atoms with Gasteiger partial charge in [0.05, 0.1) is 31.3 Å². The number of nitrogens with one attached hydrogen (secondary N) is 1. The van der Waals surface area contributed by atoms with Crippen LogP contribution in [0.2, 0.25) is 0 Å². The van der Waals surface area contributed by atoms with Crippen molar-refractivity contribution in [1.29, 1.82) is 0 Å². The summed E-state index contributed by atoms with van der Waals surface area (Å²) in [4.78, 5) is 17.0. The van der Waals surface area contributed by atoms with Gasteiger partial charge >= 0.3 is 0 Å². The minimum absolute atomic E-state index is 0.307. The van der Waals surface area contributed by atoms with E-state index in [2.05, 4.69) is 15.4 Å². The quantitative estimate of drug-likeness (QED) is 0.730. The number of hydrogen-bond acceptors (Lipinski definition) is 6. The molecule has 0 saturated carbocycles. The molecule has 1 saturated heterocycles. The summed E-state index contributed by atoms with van der Waals surface area (Å²) >= 11 is 0. The molecule has 0 bridgehead atoms. The number of pyridine rings is 1. The molecule has 2 aromatic heterocycles. The molecule has 1 aromatic carbocycles. The van der Waals surface area contributed by atoms with Gasteiger partial charge in [-0.1, -0.05) is 6.07 Å². The van der Waals surface area contributed by atoms with Gasteiger partial charge in [0.15, 0.2) is 0 Å². The number of ether oxygens (including phenoxy) is 3. The highest BCUT2D eigenvalue weighted by Gasteiger charge is 2.20. The second-order valence-electron chi connectivity index (χ2n) is 6.58. The Bertz CT molecular complexity index is 995. The number of anilines is 1. The molecule has 8 heteroatoms. The van der Waals surface area contributed by atoms with Crippen LogP contribution in [0.15, 0.2) is 36.5 Å². The van der Waals surface area contributed by atoms with Crippen LogP contribution in [0.3, 0.4) is 0 Å². The van der Waals surface area contributed by atoms with E-state index in [0.717, 1.165) is 37.0 Å². The van der Waals surface area contributed by atoms with Crippen LogP contribution in [0.1, 0.15) is 29.2 Å². The summed E-state index contributed by atoms with van der Waals surface area (Å²) in [7, 11) is 3.07. The van der Waals surface area contributed by atoms with E-state index in [4.69, 9.17) is 14.2 Å². The SMILES string of the molecule is COc1cccc(NC(=O)c2cc3cn(C4CCOCC4)nc3cc2OC)n1. The number of benzene rings is 1. The van der Waals surface area contributed by atoms with E-state index in [9.17, 15) is 4.79 Å². The Kier molecular flexibility index (Phi) is 5.12. The Morgan fingerprint density at radius 3 is 2.79 bits per heavy atom. The van der Waals surface area contributed by atoms with E-state index < -0.39 is 0 Å². The highest BCUT2D eigenvalue weighted by Crippen LogP contribution is 2.29. The molecule has 28 heavy (non-hydrogen) atoms. The zero-order valence-electron chi connectivity index (χ0n) is 15.8. The van der Waals surface area contributed by atoms with E-state index in [0.29, 0.717) is 29.1 Å². The van der Waals surface area contributed by atoms with Crippen molar-refractivity contribution in [3.05, 3.63) is 42.1 Å². The molecular weight excluding hydrogens is 360 g/mol. The summed E-state index contributed by atoms with van der Waals surface area (Å²) in [6.07, 6.45) is 3.84. The first-order chi connectivity index (χ1) is 13.7. The second-order valence-corrected chi connectivity index (χ2v) is 6.58. The van der Waals surface area contributed by atoms with Gasteiger partial charge in [-0.3, -0.25) is 9.48 Å². The third-order valence-electron chi connectivity index (χ3n) is 4.83. The fourth-order valence-electron chi connectivity index (χ4n) is 3.34. The average Bonchev–Trinajstić information content (AvgIpc) is 3.16. The van der Waals surface area contributed by atoms with Gasteiger partial charge in [-0.05, 0) is 25.0 Å². The first-order valence-corrected chi connectivity index (χ1v) is 9.15. The lowest BCUT2D eigenvalue weighted by Gasteiger charge is -2.22. The van der Waals surface area contributed by atoms with Crippen molar-refractivity contribution in [1.82, 2.24) is 14.8 Å². The molecular formula is C20H22N4O4. The summed E-state index contributed by atoms with van der Waals surface area (Å²) in [6.45, 7) is 1.48. The van der Waals surface area contributed by atoms with Crippen LogP contribution < -0.4 is 14.8 Å². The Labute approximate surface area is 162 Å². The van der Waals surface area contributed by atoms with E-state index in [-0.39, 0.29) is 5.91 Å². The molecule has 1 aliphatic heterocycles. The number of rotatable bonds is 5. The van der Waals surface area contributed by atoms with Crippen LogP contribution in [0, 0.1) is 0 Å². The summed E-state index contributed by atoms with van der Waals surface area (Å²) in [5, 5.41) is 8.35. The van der Waals surface area contributed by atoms with E-state index in [1.165, 1.54) is 14.2 Å². The first-order valence-electron chi connectivity index (χ1n) is 9.15. The minimum atomic E-state index is -0.307. The largest absolute Gasteiger partial charge is 0.496 e. The lowest BCUT2D eigenvalue weighted by Crippen LogP contribution is -2.19. The molecule has 0 aliphatic carbocycles. The third kappa shape index (κ3) is 3.63. The Morgan fingerprint density at radius 1 is 1.21 bits per heavy atom. The highest BCUT2D eigenvalue weighted by atomic mass is 16.5. The average molecular weight is 382 g/mol. The molecule has 1 N–H and O–H groups in total. The van der Waals surface area contributed by atoms with Crippen molar-refractivity contribution >= 4 is 22.6 Å². The van der Waals surface area contributed by atoms with Crippen molar-refractivity contribution in [2.75, 3.05) is 32.8 Å². The van der Waals surface area contributed by atoms with Gasteiger partial charge in [-0.25, -0.2) is 0 Å². The van der Waals surface area contributed by atoms with Crippen molar-refractivity contribution in [2.24, 2.45) is 0 Å². The molecule has 0 spiro atoms. The van der Waals surface area contributed by atoms with Gasteiger partial charge in [-0.2, -0.15) is 10.1 Å². The molecule has 1 fully saturated rings. The maximum atomic E-state index is 12.8. The summed E-state index contributed by atoms with van der Waals surface area (Å²) in [6, 6.07) is 9.08. The fourth-order valence-corrected chi connectivity index (χ4v) is 3.34. The summed E-state index contributed by atoms with van der Waals surface area (Å²) in [5.74, 6) is 0.991. The first kappa shape index (κ1) is 18.2. The molecule has 3 aromatic rings. The highest BCUT2D eigenvalue weighted by molar-refractivity contribution is 6.08. The molecule has 0 radical (unpaired) electrons. The fraction of sp³-hybridized carbons (Fsp3) is 0.350. The van der Waals surface area contributed by atoms with Crippen LogP contribution in [0.5, 0.6) is 11.6 Å². The maximum absolute atomic E-state index is 12.8. The van der Waals surface area contributed by atoms with Gasteiger partial charge in [0.2, 0.25) is 5.88 Å². The van der Waals surface area contributed by atoms with Gasteiger partial charge in [-0.15, -0.1) is 0 Å². The Hall–Kier alpha value is -3.13. The standard InChI is InChI=1S/C20H22N4O4/c1-26-17-11-16-13(12-24(23-16)14-6-8-28-9-7-14)10-15(17)20(25)22-18-4-3-5-19(21-18)27-2/h3-5,10-12,14H,6-9H2,1-2H3,(H,21,22,25). The molecule has 3 heterocycles. The third-order valence-corrected chi connectivity index (χ3v) is 4.83. The number of carbonyl (C=O) groups excluding carboxylic acids is 1. The maximum Gasteiger partial charge on any atom is 0.260 e. The molecule has 146 valence electrons. The monoisotopic (exact) mass is 382 g/mol. The normalized spacial score (nSPS) is 14.8. The number of amides is 1. The topological polar surface area (TPSA) is 87.5 Å². The zero-order chi connectivity index (χ0) is 19.5. The van der Waals surface area contributed by atoms with Crippen LogP contribution in [-0.2, 0) is 4.74 Å². The number of fused-ring (bicyclic) bond motifs is 1. The Balaban J connectivity index is 1.64. The molecule has 8 nitrogen and oxygen atoms in total. The molecule has 1 aliphatic rings. The molecule has 0 unspecified atom stereocenters. The second kappa shape index (κ2) is 7.85. The lowest BCUT2D eigenvalue weighted by atomic mass is 10.1. The number of nitrogens with zero attached hydrogens (tertiary/aromatic N) is 3. The minimum Gasteiger partial charge on any atom is -0.496 e. The van der Waals surface area contributed by atoms with Crippen molar-refractivity contribution in [2.45, 2.75) is 18.9 Å². The van der Waals surface area contributed by atoms with Crippen LogP contribution in [0.25, 0.3) is 10.9 Å². The van der Waals surface area contributed by atoms with Crippen LogP contribution in [-0.4, -0.2) is 48.1 Å². The number of hydrogen-bond donors (Lipinski definition) is 1. The van der Waals surface area contributed by atoms with Crippen LogP contribution in [0.4, 0.5) is 5.82 Å². The lowest BCUT2D eigenvalue weighted by molar-refractivity contribution is 0.0664. The molecule has 1 amide bonds. The van der Waals surface area contributed by atoms with E-state index >= 15 is 0 Å². The molecule has 0 atom stereocenters. The van der Waals surface area contributed by atoms with Gasteiger partial charge in [0, 0.05) is 36.9 Å². The van der Waals surface area contributed by atoms with Gasteiger partial charge in [0.1, 0.15) is 11.6 Å². The predicted molar refractivity (Wildman–Crippen MR) is 104 cm³/mol. The van der Waals surface area contributed by atoms with Gasteiger partial charge < -0.3 is 19.5 Å². The number of methoxy groups -OCH3 is 2. The summed E-state index contributed by atoms with van der Waals surface area (Å²) in [5.41, 5.74) is 1.21. The smallest absolute Gasteiger partial charge is 0.260 e. The van der Waals surface area contributed by atoms with Crippen molar-refractivity contribution < 1.29 is 19.0 Å². The predicted octanol–water partition coefficient (Wildman–Crippen LogP) is 3.05. The van der Waals surface area contributed by atoms with Crippen molar-refractivity contribution in [3.8, 4) is 11.6 Å². The zero-order valence-corrected chi connectivity index (χ0v) is 15.8. The summed E-state index contributed by atoms with van der Waals surface area (Å²) < 4.78 is 17.9. The number of aromatic nitrogens is 3. The van der Waals surface area contributed by atoms with E-state index in [1.807, 2.05) is 10.9 Å². The van der Waals surface area contributed by atoms with Crippen LogP contribution >= 0.6 is 0 Å².